The molecule has 186 valence electrons. The zero-order valence-electron chi connectivity index (χ0n) is 20.1. The summed E-state index contributed by atoms with van der Waals surface area (Å²) in [6, 6.07) is 17.3. The highest BCUT2D eigenvalue weighted by atomic mass is 16.5. The molecule has 0 aliphatic carbocycles. The SMILES string of the molecule is COc1ccc(NC(=O)[C@@H]2CC(=O)Nc3nc(N4CCC(Cc5ccccc5)CC4)[nH]c(=O)c32)cc1. The van der Waals surface area contributed by atoms with Gasteiger partial charge in [-0.05, 0) is 55.0 Å². The Hall–Kier alpha value is -4.14. The molecule has 0 spiro atoms. The van der Waals surface area contributed by atoms with Gasteiger partial charge >= 0.3 is 0 Å². The van der Waals surface area contributed by atoms with E-state index in [9.17, 15) is 14.4 Å². The number of carbonyl (C=O) groups is 2. The zero-order valence-corrected chi connectivity index (χ0v) is 20.1. The van der Waals surface area contributed by atoms with Crippen LogP contribution in [0.5, 0.6) is 5.75 Å². The number of methoxy groups -OCH3 is 1. The van der Waals surface area contributed by atoms with Gasteiger partial charge in [-0.15, -0.1) is 0 Å². The first kappa shape index (κ1) is 23.6. The Balaban J connectivity index is 1.30. The van der Waals surface area contributed by atoms with E-state index < -0.39 is 17.4 Å². The van der Waals surface area contributed by atoms with Crippen molar-refractivity contribution >= 4 is 29.3 Å². The van der Waals surface area contributed by atoms with Gasteiger partial charge in [0.1, 0.15) is 11.6 Å². The Kier molecular flexibility index (Phi) is 6.71. The monoisotopic (exact) mass is 487 g/mol. The predicted octanol–water partition coefficient (Wildman–Crippen LogP) is 3.30. The molecule has 5 rings (SSSR count). The molecule has 1 fully saturated rings. The molecular formula is C27H29N5O4. The number of fused-ring (bicyclic) bond motifs is 1. The number of hydrogen-bond acceptors (Lipinski definition) is 6. The second-order valence-electron chi connectivity index (χ2n) is 9.29. The summed E-state index contributed by atoms with van der Waals surface area (Å²) in [4.78, 5) is 48.0. The van der Waals surface area contributed by atoms with Crippen LogP contribution in [0.1, 0.15) is 36.3 Å². The second kappa shape index (κ2) is 10.2. The third-order valence-corrected chi connectivity index (χ3v) is 6.89. The van der Waals surface area contributed by atoms with E-state index in [1.807, 2.05) is 11.0 Å². The highest BCUT2D eigenvalue weighted by Crippen LogP contribution is 2.31. The summed E-state index contributed by atoms with van der Waals surface area (Å²) in [7, 11) is 1.56. The number of amides is 2. The van der Waals surface area contributed by atoms with E-state index in [4.69, 9.17) is 4.74 Å². The van der Waals surface area contributed by atoms with Crippen molar-refractivity contribution in [3.05, 3.63) is 76.1 Å². The molecule has 2 aliphatic rings. The van der Waals surface area contributed by atoms with Crippen molar-refractivity contribution in [1.82, 2.24) is 9.97 Å². The minimum atomic E-state index is -0.933. The average molecular weight is 488 g/mol. The first-order valence-corrected chi connectivity index (χ1v) is 12.2. The van der Waals surface area contributed by atoms with Gasteiger partial charge in [-0.25, -0.2) is 0 Å². The van der Waals surface area contributed by atoms with Crippen LogP contribution in [0, 0.1) is 5.92 Å². The first-order valence-electron chi connectivity index (χ1n) is 12.2. The van der Waals surface area contributed by atoms with Crippen LogP contribution in [0.2, 0.25) is 0 Å². The molecule has 36 heavy (non-hydrogen) atoms. The van der Waals surface area contributed by atoms with Gasteiger partial charge in [-0.1, -0.05) is 30.3 Å². The minimum absolute atomic E-state index is 0.121. The lowest BCUT2D eigenvalue weighted by Crippen LogP contribution is -2.40. The molecule has 9 heteroatoms. The summed E-state index contributed by atoms with van der Waals surface area (Å²) in [5, 5.41) is 5.48. The topological polar surface area (TPSA) is 116 Å². The molecule has 0 radical (unpaired) electrons. The lowest BCUT2D eigenvalue weighted by Gasteiger charge is -2.33. The van der Waals surface area contributed by atoms with E-state index in [1.165, 1.54) is 5.56 Å². The van der Waals surface area contributed by atoms with Crippen LogP contribution >= 0.6 is 0 Å². The molecule has 0 unspecified atom stereocenters. The number of benzene rings is 2. The van der Waals surface area contributed by atoms with Crippen molar-refractivity contribution in [3.8, 4) is 5.75 Å². The van der Waals surface area contributed by atoms with Crippen molar-refractivity contribution in [2.24, 2.45) is 5.92 Å². The highest BCUT2D eigenvalue weighted by Gasteiger charge is 2.35. The Morgan fingerprint density at radius 1 is 1.08 bits per heavy atom. The number of anilines is 3. The van der Waals surface area contributed by atoms with Gasteiger partial charge in [0, 0.05) is 25.2 Å². The molecule has 1 aromatic heterocycles. The van der Waals surface area contributed by atoms with Gasteiger partial charge in [0.2, 0.25) is 17.8 Å². The Morgan fingerprint density at radius 3 is 2.50 bits per heavy atom. The number of nitrogens with one attached hydrogen (secondary N) is 3. The van der Waals surface area contributed by atoms with Crippen molar-refractivity contribution in [2.75, 3.05) is 35.7 Å². The highest BCUT2D eigenvalue weighted by molar-refractivity contribution is 6.04. The average Bonchev–Trinajstić information content (AvgIpc) is 2.89. The maximum absolute atomic E-state index is 13.1. The van der Waals surface area contributed by atoms with Crippen LogP contribution in [-0.2, 0) is 16.0 Å². The van der Waals surface area contributed by atoms with E-state index in [1.54, 1.807) is 31.4 Å². The Morgan fingerprint density at radius 2 is 1.81 bits per heavy atom. The van der Waals surface area contributed by atoms with E-state index in [0.29, 0.717) is 23.3 Å². The van der Waals surface area contributed by atoms with Crippen molar-refractivity contribution in [2.45, 2.75) is 31.6 Å². The van der Waals surface area contributed by atoms with E-state index in [-0.39, 0.29) is 23.7 Å². The number of carbonyl (C=O) groups excluding carboxylic acids is 2. The fraction of sp³-hybridized carbons (Fsp3) is 0.333. The smallest absolute Gasteiger partial charge is 0.258 e. The largest absolute Gasteiger partial charge is 0.497 e. The number of aromatic amines is 1. The number of ether oxygens (including phenoxy) is 1. The van der Waals surface area contributed by atoms with E-state index in [0.717, 1.165) is 32.4 Å². The number of piperidine rings is 1. The van der Waals surface area contributed by atoms with Crippen LogP contribution in [0.25, 0.3) is 0 Å². The molecule has 2 aromatic carbocycles. The van der Waals surface area contributed by atoms with Crippen LogP contribution in [0.4, 0.5) is 17.5 Å². The predicted molar refractivity (Wildman–Crippen MR) is 138 cm³/mol. The van der Waals surface area contributed by atoms with Gasteiger partial charge in [0.25, 0.3) is 5.56 Å². The number of nitrogens with zero attached hydrogens (tertiary/aromatic N) is 2. The molecule has 3 N–H and O–H groups in total. The van der Waals surface area contributed by atoms with Gasteiger partial charge in [0.05, 0.1) is 18.6 Å². The van der Waals surface area contributed by atoms with Crippen molar-refractivity contribution in [1.29, 1.82) is 0 Å². The van der Waals surface area contributed by atoms with Gasteiger partial charge < -0.3 is 20.3 Å². The zero-order chi connectivity index (χ0) is 25.1. The van der Waals surface area contributed by atoms with Gasteiger partial charge in [-0.2, -0.15) is 4.98 Å². The van der Waals surface area contributed by atoms with Crippen molar-refractivity contribution < 1.29 is 14.3 Å². The Labute approximate surface area is 208 Å². The lowest BCUT2D eigenvalue weighted by atomic mass is 9.90. The fourth-order valence-electron chi connectivity index (χ4n) is 4.93. The van der Waals surface area contributed by atoms with Crippen LogP contribution in [0.15, 0.2) is 59.4 Å². The summed E-state index contributed by atoms with van der Waals surface area (Å²) in [5.41, 5.74) is 1.66. The first-order chi connectivity index (χ1) is 17.5. The lowest BCUT2D eigenvalue weighted by molar-refractivity contribution is -0.123. The van der Waals surface area contributed by atoms with E-state index >= 15 is 0 Å². The summed E-state index contributed by atoms with van der Waals surface area (Å²) in [5.74, 6) is 0.102. The molecule has 0 saturated carbocycles. The molecule has 3 aromatic rings. The molecule has 1 saturated heterocycles. The number of aromatic nitrogens is 2. The normalized spacial score (nSPS) is 17.8. The van der Waals surface area contributed by atoms with Crippen LogP contribution in [0.3, 0.4) is 0 Å². The molecule has 1 atom stereocenters. The number of rotatable bonds is 6. The molecule has 2 amide bonds. The second-order valence-corrected chi connectivity index (χ2v) is 9.29. The molecule has 3 heterocycles. The minimum Gasteiger partial charge on any atom is -0.497 e. The fourth-order valence-corrected chi connectivity index (χ4v) is 4.93. The third kappa shape index (κ3) is 5.10. The van der Waals surface area contributed by atoms with E-state index in [2.05, 4.69) is 44.9 Å². The maximum Gasteiger partial charge on any atom is 0.258 e. The molecule has 2 aliphatic heterocycles. The quantitative estimate of drug-likeness (QED) is 0.491. The number of H-pyrrole nitrogens is 1. The van der Waals surface area contributed by atoms with Crippen LogP contribution in [-0.4, -0.2) is 42.0 Å². The summed E-state index contributed by atoms with van der Waals surface area (Å²) in [6.45, 7) is 1.52. The number of hydrogen-bond donors (Lipinski definition) is 3. The molecular weight excluding hydrogens is 458 g/mol. The summed E-state index contributed by atoms with van der Waals surface area (Å²) < 4.78 is 5.14. The third-order valence-electron chi connectivity index (χ3n) is 6.89. The molecule has 9 nitrogen and oxygen atoms in total. The standard InChI is InChI=1S/C27H29N5O4/c1-36-20-9-7-19(8-10-20)28-25(34)21-16-22(33)29-24-23(21)26(35)31-27(30-24)32-13-11-18(12-14-32)15-17-5-3-2-4-6-17/h2-10,18,21H,11-16H2,1H3,(H,28,34)(H2,29,30,31,33,35)/t21-/m1/s1. The molecule has 0 bridgehead atoms. The Bertz CT molecular complexity index is 1300. The summed E-state index contributed by atoms with van der Waals surface area (Å²) in [6.07, 6.45) is 2.87. The van der Waals surface area contributed by atoms with Gasteiger partial charge in [-0.3, -0.25) is 19.4 Å². The van der Waals surface area contributed by atoms with Crippen molar-refractivity contribution in [3.63, 3.8) is 0 Å². The van der Waals surface area contributed by atoms with Gasteiger partial charge in [0.15, 0.2) is 0 Å². The summed E-state index contributed by atoms with van der Waals surface area (Å²) >= 11 is 0. The maximum atomic E-state index is 13.1. The van der Waals surface area contributed by atoms with Crippen LogP contribution < -0.4 is 25.8 Å².